The van der Waals surface area contributed by atoms with Crippen molar-refractivity contribution in [3.63, 3.8) is 0 Å². The molecule has 2 aromatic heterocycles. The molecular formula is C20H21N3O2. The molecule has 5 heteroatoms. The largest absolute Gasteiger partial charge is 0.475 e. The highest BCUT2D eigenvalue weighted by molar-refractivity contribution is 5.93. The number of pyridine rings is 2. The van der Waals surface area contributed by atoms with Gasteiger partial charge in [-0.05, 0) is 38.0 Å². The van der Waals surface area contributed by atoms with E-state index < -0.39 is 0 Å². The molecule has 0 radical (unpaired) electrons. The van der Waals surface area contributed by atoms with Gasteiger partial charge >= 0.3 is 0 Å². The van der Waals surface area contributed by atoms with Crippen LogP contribution in [0.3, 0.4) is 0 Å². The van der Waals surface area contributed by atoms with Crippen molar-refractivity contribution < 1.29 is 9.53 Å². The van der Waals surface area contributed by atoms with E-state index in [0.717, 1.165) is 22.9 Å². The summed E-state index contributed by atoms with van der Waals surface area (Å²) in [6.07, 6.45) is 4.10. The number of fused-ring (bicyclic) bond motifs is 1. The van der Waals surface area contributed by atoms with E-state index in [0.29, 0.717) is 18.0 Å². The van der Waals surface area contributed by atoms with Crippen LogP contribution >= 0.6 is 0 Å². The molecule has 1 aromatic carbocycles. The third kappa shape index (κ3) is 4.32. The fourth-order valence-corrected chi connectivity index (χ4v) is 2.61. The Kier molecular flexibility index (Phi) is 5.23. The maximum atomic E-state index is 12.2. The zero-order valence-corrected chi connectivity index (χ0v) is 14.4. The summed E-state index contributed by atoms with van der Waals surface area (Å²) in [6, 6.07) is 13.5. The number of nitrogens with one attached hydrogen (secondary N) is 1. The van der Waals surface area contributed by atoms with Crippen molar-refractivity contribution in [3.05, 3.63) is 66.0 Å². The average Bonchev–Trinajstić information content (AvgIpc) is 2.62. The van der Waals surface area contributed by atoms with E-state index in [1.807, 2.05) is 44.2 Å². The zero-order chi connectivity index (χ0) is 17.6. The smallest absolute Gasteiger partial charge is 0.252 e. The van der Waals surface area contributed by atoms with Crippen molar-refractivity contribution in [1.82, 2.24) is 15.3 Å². The quantitative estimate of drug-likeness (QED) is 0.750. The molecule has 0 aliphatic rings. The van der Waals surface area contributed by atoms with Gasteiger partial charge in [0.25, 0.3) is 5.91 Å². The Bertz CT molecular complexity index is 855. The van der Waals surface area contributed by atoms with Crippen LogP contribution in [0.15, 0.2) is 54.9 Å². The minimum Gasteiger partial charge on any atom is -0.475 e. The first kappa shape index (κ1) is 16.9. The molecule has 0 aliphatic heterocycles. The Morgan fingerprint density at radius 2 is 1.96 bits per heavy atom. The van der Waals surface area contributed by atoms with Crippen molar-refractivity contribution >= 4 is 16.8 Å². The van der Waals surface area contributed by atoms with Crippen molar-refractivity contribution in [3.8, 4) is 5.88 Å². The van der Waals surface area contributed by atoms with Crippen molar-refractivity contribution in [2.24, 2.45) is 0 Å². The second-order valence-electron chi connectivity index (χ2n) is 6.05. The number of hydrogen-bond acceptors (Lipinski definition) is 4. The number of ether oxygens (including phenoxy) is 1. The summed E-state index contributed by atoms with van der Waals surface area (Å²) in [5.74, 6) is 0.380. The van der Waals surface area contributed by atoms with Gasteiger partial charge < -0.3 is 10.1 Å². The zero-order valence-electron chi connectivity index (χ0n) is 14.4. The molecule has 0 bridgehead atoms. The number of hydrogen-bond donors (Lipinski definition) is 1. The maximum Gasteiger partial charge on any atom is 0.252 e. The molecule has 3 aromatic rings. The summed E-state index contributed by atoms with van der Waals surface area (Å²) in [5.41, 5.74) is 2.63. The third-order valence-electron chi connectivity index (χ3n) is 3.75. The Balaban J connectivity index is 1.59. The Labute approximate surface area is 147 Å². The molecule has 3 rings (SSSR count). The molecule has 5 nitrogen and oxygen atoms in total. The molecule has 0 saturated heterocycles. The van der Waals surface area contributed by atoms with Gasteiger partial charge in [0, 0.05) is 30.4 Å². The highest BCUT2D eigenvalue weighted by atomic mass is 16.5. The van der Waals surface area contributed by atoms with Gasteiger partial charge in [0.05, 0.1) is 17.2 Å². The van der Waals surface area contributed by atoms with Gasteiger partial charge in [-0.2, -0.15) is 0 Å². The van der Waals surface area contributed by atoms with E-state index in [1.165, 1.54) is 6.20 Å². The first-order valence-electron chi connectivity index (χ1n) is 8.37. The normalized spacial score (nSPS) is 10.8. The molecule has 0 unspecified atom stereocenters. The first-order valence-corrected chi connectivity index (χ1v) is 8.37. The average molecular weight is 335 g/mol. The fraction of sp³-hybridized carbons (Fsp3) is 0.250. The molecule has 0 fully saturated rings. The second kappa shape index (κ2) is 7.75. The van der Waals surface area contributed by atoms with E-state index in [-0.39, 0.29) is 12.0 Å². The lowest BCUT2D eigenvalue weighted by Crippen LogP contribution is -2.25. The molecule has 0 saturated carbocycles. The minimum atomic E-state index is -0.142. The van der Waals surface area contributed by atoms with Gasteiger partial charge in [0.1, 0.15) is 0 Å². The van der Waals surface area contributed by atoms with Crippen molar-refractivity contribution in [2.45, 2.75) is 26.4 Å². The molecule has 0 atom stereocenters. The van der Waals surface area contributed by atoms with Crippen LogP contribution in [0.5, 0.6) is 5.88 Å². The molecule has 0 spiro atoms. The van der Waals surface area contributed by atoms with Crippen LogP contribution in [-0.2, 0) is 6.42 Å². The highest BCUT2D eigenvalue weighted by Crippen LogP contribution is 2.16. The predicted octanol–water partition coefficient (Wildman–Crippen LogP) is 3.39. The molecule has 1 N–H and O–H groups in total. The number of aromatic nitrogens is 2. The molecule has 128 valence electrons. The number of para-hydroxylation sites is 1. The lowest BCUT2D eigenvalue weighted by Gasteiger charge is -2.09. The van der Waals surface area contributed by atoms with Gasteiger partial charge in [-0.15, -0.1) is 0 Å². The summed E-state index contributed by atoms with van der Waals surface area (Å²) >= 11 is 0. The Hall–Kier alpha value is -2.95. The summed E-state index contributed by atoms with van der Waals surface area (Å²) in [5, 5.41) is 4.03. The van der Waals surface area contributed by atoms with Crippen LogP contribution in [0.25, 0.3) is 10.9 Å². The number of carbonyl (C=O) groups excluding carboxylic acids is 1. The van der Waals surface area contributed by atoms with Crippen LogP contribution < -0.4 is 10.1 Å². The monoisotopic (exact) mass is 335 g/mol. The molecule has 0 aliphatic carbocycles. The first-order chi connectivity index (χ1) is 12.1. The lowest BCUT2D eigenvalue weighted by atomic mass is 10.1. The van der Waals surface area contributed by atoms with E-state index >= 15 is 0 Å². The predicted molar refractivity (Wildman–Crippen MR) is 97.8 cm³/mol. The van der Waals surface area contributed by atoms with E-state index in [9.17, 15) is 4.79 Å². The lowest BCUT2D eigenvalue weighted by molar-refractivity contribution is 0.0953. The minimum absolute atomic E-state index is 0.0569. The van der Waals surface area contributed by atoms with Gasteiger partial charge in [0.15, 0.2) is 0 Å². The summed E-state index contributed by atoms with van der Waals surface area (Å²) in [7, 11) is 0. The number of rotatable bonds is 6. The third-order valence-corrected chi connectivity index (χ3v) is 3.75. The second-order valence-corrected chi connectivity index (χ2v) is 6.05. The van der Waals surface area contributed by atoms with E-state index in [2.05, 4.69) is 15.3 Å². The van der Waals surface area contributed by atoms with Crippen LogP contribution in [0.2, 0.25) is 0 Å². The number of amides is 1. The van der Waals surface area contributed by atoms with Crippen molar-refractivity contribution in [1.29, 1.82) is 0 Å². The fourth-order valence-electron chi connectivity index (χ4n) is 2.61. The summed E-state index contributed by atoms with van der Waals surface area (Å²) in [6.45, 7) is 4.41. The summed E-state index contributed by atoms with van der Waals surface area (Å²) < 4.78 is 5.48. The van der Waals surface area contributed by atoms with E-state index in [1.54, 1.807) is 18.3 Å². The van der Waals surface area contributed by atoms with Crippen LogP contribution in [0.4, 0.5) is 0 Å². The molecule has 2 heterocycles. The maximum absolute atomic E-state index is 12.2. The Morgan fingerprint density at radius 3 is 2.72 bits per heavy atom. The number of nitrogens with zero attached hydrogens (tertiary/aromatic N) is 2. The summed E-state index contributed by atoms with van der Waals surface area (Å²) in [4.78, 5) is 20.8. The standard InChI is InChI=1S/C20H21N3O2/c1-14(2)25-18-9-8-17(13-23-18)20(24)22-12-10-16-6-3-5-15-7-4-11-21-19(15)16/h3-9,11,13-14H,10,12H2,1-2H3,(H,22,24). The van der Waals surface area contributed by atoms with Crippen LogP contribution in [0, 0.1) is 0 Å². The molecule has 1 amide bonds. The van der Waals surface area contributed by atoms with Gasteiger partial charge in [0.2, 0.25) is 5.88 Å². The van der Waals surface area contributed by atoms with Gasteiger partial charge in [-0.25, -0.2) is 4.98 Å². The number of carbonyl (C=O) groups is 1. The van der Waals surface area contributed by atoms with Crippen molar-refractivity contribution in [2.75, 3.05) is 6.54 Å². The molecule has 25 heavy (non-hydrogen) atoms. The van der Waals surface area contributed by atoms with Gasteiger partial charge in [-0.3, -0.25) is 9.78 Å². The van der Waals surface area contributed by atoms with E-state index in [4.69, 9.17) is 4.74 Å². The van der Waals surface area contributed by atoms with Gasteiger partial charge in [-0.1, -0.05) is 24.3 Å². The number of benzene rings is 1. The van der Waals surface area contributed by atoms with Crippen LogP contribution in [0.1, 0.15) is 29.8 Å². The Morgan fingerprint density at radius 1 is 1.12 bits per heavy atom. The molecular weight excluding hydrogens is 314 g/mol. The SMILES string of the molecule is CC(C)Oc1ccc(C(=O)NCCc2cccc3cccnc23)cn1. The van der Waals surface area contributed by atoms with Crippen LogP contribution in [-0.4, -0.2) is 28.5 Å². The topological polar surface area (TPSA) is 64.1 Å². The highest BCUT2D eigenvalue weighted by Gasteiger charge is 2.08.